The van der Waals surface area contributed by atoms with Gasteiger partial charge in [-0.3, -0.25) is 0 Å². The zero-order valence-electron chi connectivity index (χ0n) is 11.8. The van der Waals surface area contributed by atoms with Gasteiger partial charge in [0.05, 0.1) is 29.2 Å². The van der Waals surface area contributed by atoms with Crippen molar-refractivity contribution in [3.05, 3.63) is 46.8 Å². The van der Waals surface area contributed by atoms with Crippen LogP contribution < -0.4 is 0 Å². The second kappa shape index (κ2) is 5.80. The number of aromatic carboxylic acids is 1. The molecule has 0 fully saturated rings. The number of alkyl halides is 3. The molecule has 0 spiro atoms. The summed E-state index contributed by atoms with van der Waals surface area (Å²) in [4.78, 5) is 11.3. The first-order chi connectivity index (χ1) is 10.3. The number of hydrogen-bond acceptors (Lipinski definition) is 3. The highest BCUT2D eigenvalue weighted by molar-refractivity contribution is 5.90. The SMILES string of the molecule is COCc1c(C(=O)O)c(C)nn1-c1cccc(C(F)(F)F)c1. The van der Waals surface area contributed by atoms with E-state index in [1.807, 2.05) is 0 Å². The average Bonchev–Trinajstić information content (AvgIpc) is 2.75. The number of aryl methyl sites for hydroxylation is 1. The molecule has 0 saturated heterocycles. The number of benzene rings is 1. The topological polar surface area (TPSA) is 64.3 Å². The molecule has 1 aromatic carbocycles. The van der Waals surface area contributed by atoms with Crippen LogP contribution in [0.4, 0.5) is 13.2 Å². The molecule has 8 heteroatoms. The molecular formula is C14H13F3N2O3. The van der Waals surface area contributed by atoms with Crippen molar-refractivity contribution in [1.29, 1.82) is 0 Å². The first-order valence-electron chi connectivity index (χ1n) is 6.24. The lowest BCUT2D eigenvalue weighted by molar-refractivity contribution is -0.137. The molecule has 1 aromatic heterocycles. The van der Waals surface area contributed by atoms with Crippen LogP contribution in [-0.2, 0) is 17.5 Å². The van der Waals surface area contributed by atoms with Crippen molar-refractivity contribution in [1.82, 2.24) is 9.78 Å². The molecule has 0 aliphatic carbocycles. The number of aromatic nitrogens is 2. The Morgan fingerprint density at radius 2 is 2.09 bits per heavy atom. The van der Waals surface area contributed by atoms with Gasteiger partial charge in [0.25, 0.3) is 0 Å². The van der Waals surface area contributed by atoms with Gasteiger partial charge in [0, 0.05) is 7.11 Å². The molecule has 22 heavy (non-hydrogen) atoms. The van der Waals surface area contributed by atoms with E-state index < -0.39 is 17.7 Å². The lowest BCUT2D eigenvalue weighted by Gasteiger charge is -2.11. The minimum Gasteiger partial charge on any atom is -0.478 e. The van der Waals surface area contributed by atoms with Gasteiger partial charge in [0.15, 0.2) is 0 Å². The largest absolute Gasteiger partial charge is 0.478 e. The van der Waals surface area contributed by atoms with Crippen molar-refractivity contribution in [2.45, 2.75) is 19.7 Å². The van der Waals surface area contributed by atoms with Crippen molar-refractivity contribution in [2.24, 2.45) is 0 Å². The summed E-state index contributed by atoms with van der Waals surface area (Å²) in [5.41, 5.74) is -0.390. The maximum atomic E-state index is 12.8. The van der Waals surface area contributed by atoms with Gasteiger partial charge in [-0.05, 0) is 25.1 Å². The van der Waals surface area contributed by atoms with Crippen molar-refractivity contribution in [3.8, 4) is 5.69 Å². The fraction of sp³-hybridized carbons (Fsp3) is 0.286. The zero-order chi connectivity index (χ0) is 16.5. The van der Waals surface area contributed by atoms with Crippen molar-refractivity contribution in [2.75, 3.05) is 7.11 Å². The fourth-order valence-corrected chi connectivity index (χ4v) is 2.15. The van der Waals surface area contributed by atoms with E-state index in [1.54, 1.807) is 0 Å². The quantitative estimate of drug-likeness (QED) is 0.942. The Kier molecular flexibility index (Phi) is 4.23. The molecule has 0 bridgehead atoms. The molecule has 0 aliphatic heterocycles. The standard InChI is InChI=1S/C14H13F3N2O3/c1-8-12(13(20)21)11(7-22-2)19(18-8)10-5-3-4-9(6-10)14(15,16)17/h3-6H,7H2,1-2H3,(H,20,21). The lowest BCUT2D eigenvalue weighted by atomic mass is 10.1. The number of carbonyl (C=O) groups is 1. The molecule has 1 N–H and O–H groups in total. The Bertz CT molecular complexity index is 708. The normalized spacial score (nSPS) is 11.7. The maximum Gasteiger partial charge on any atom is 0.416 e. The smallest absolute Gasteiger partial charge is 0.416 e. The van der Waals surface area contributed by atoms with E-state index in [4.69, 9.17) is 4.74 Å². The predicted molar refractivity (Wildman–Crippen MR) is 71.0 cm³/mol. The van der Waals surface area contributed by atoms with Crippen LogP contribution in [0.2, 0.25) is 0 Å². The van der Waals surface area contributed by atoms with Gasteiger partial charge < -0.3 is 9.84 Å². The van der Waals surface area contributed by atoms with E-state index in [-0.39, 0.29) is 29.2 Å². The number of methoxy groups -OCH3 is 1. The molecular weight excluding hydrogens is 301 g/mol. The Balaban J connectivity index is 2.62. The van der Waals surface area contributed by atoms with E-state index in [1.165, 1.54) is 26.2 Å². The van der Waals surface area contributed by atoms with Gasteiger partial charge >= 0.3 is 12.1 Å². The summed E-state index contributed by atoms with van der Waals surface area (Å²) in [6, 6.07) is 4.52. The predicted octanol–water partition coefficient (Wildman–Crippen LogP) is 3.04. The second-order valence-corrected chi connectivity index (χ2v) is 4.61. The lowest BCUT2D eigenvalue weighted by Crippen LogP contribution is -2.10. The monoisotopic (exact) mass is 314 g/mol. The highest BCUT2D eigenvalue weighted by atomic mass is 19.4. The number of nitrogens with zero attached hydrogens (tertiary/aromatic N) is 2. The third-order valence-electron chi connectivity index (χ3n) is 3.07. The minimum atomic E-state index is -4.49. The van der Waals surface area contributed by atoms with Gasteiger partial charge in [-0.25, -0.2) is 9.48 Å². The minimum absolute atomic E-state index is 0.0701. The van der Waals surface area contributed by atoms with Gasteiger partial charge in [-0.2, -0.15) is 18.3 Å². The summed E-state index contributed by atoms with van der Waals surface area (Å²) in [6.07, 6.45) is -4.49. The zero-order valence-corrected chi connectivity index (χ0v) is 11.8. The molecule has 2 rings (SSSR count). The van der Waals surface area contributed by atoms with Crippen LogP contribution in [0.3, 0.4) is 0 Å². The van der Waals surface area contributed by atoms with Gasteiger partial charge in [0.2, 0.25) is 0 Å². The first kappa shape index (κ1) is 16.0. The van der Waals surface area contributed by atoms with E-state index in [0.29, 0.717) is 0 Å². The van der Waals surface area contributed by atoms with Crippen LogP contribution in [0.25, 0.3) is 5.69 Å². The first-order valence-corrected chi connectivity index (χ1v) is 6.24. The van der Waals surface area contributed by atoms with E-state index >= 15 is 0 Å². The maximum absolute atomic E-state index is 12.8. The van der Waals surface area contributed by atoms with E-state index in [2.05, 4.69) is 5.10 Å². The van der Waals surface area contributed by atoms with Crippen molar-refractivity contribution >= 4 is 5.97 Å². The Morgan fingerprint density at radius 1 is 1.41 bits per heavy atom. The number of carboxylic acid groups (broad SMARTS) is 1. The number of ether oxygens (including phenoxy) is 1. The Hall–Kier alpha value is -2.35. The van der Waals surface area contributed by atoms with Crippen LogP contribution in [0, 0.1) is 6.92 Å². The summed E-state index contributed by atoms with van der Waals surface area (Å²) in [7, 11) is 1.37. The van der Waals surface area contributed by atoms with Gasteiger partial charge in [0.1, 0.15) is 5.56 Å². The third-order valence-corrected chi connectivity index (χ3v) is 3.07. The van der Waals surface area contributed by atoms with Crippen molar-refractivity contribution < 1.29 is 27.8 Å². The molecule has 118 valence electrons. The van der Waals surface area contributed by atoms with Crippen LogP contribution in [0.15, 0.2) is 24.3 Å². The van der Waals surface area contributed by atoms with Crippen LogP contribution >= 0.6 is 0 Å². The van der Waals surface area contributed by atoms with Crippen molar-refractivity contribution in [3.63, 3.8) is 0 Å². The van der Waals surface area contributed by atoms with E-state index in [9.17, 15) is 23.1 Å². The highest BCUT2D eigenvalue weighted by Crippen LogP contribution is 2.31. The molecule has 0 unspecified atom stereocenters. The molecule has 0 saturated carbocycles. The summed E-state index contributed by atoms with van der Waals surface area (Å²) in [5, 5.41) is 13.3. The van der Waals surface area contributed by atoms with E-state index in [0.717, 1.165) is 16.8 Å². The average molecular weight is 314 g/mol. The molecule has 2 aromatic rings. The summed E-state index contributed by atoms with van der Waals surface area (Å²) in [5.74, 6) is -1.21. The molecule has 0 aliphatic rings. The second-order valence-electron chi connectivity index (χ2n) is 4.61. The van der Waals surface area contributed by atoms with Crippen LogP contribution in [0.1, 0.15) is 27.3 Å². The highest BCUT2D eigenvalue weighted by Gasteiger charge is 2.31. The molecule has 5 nitrogen and oxygen atoms in total. The number of carboxylic acids is 1. The Labute approximate surface area is 123 Å². The summed E-state index contributed by atoms with van der Waals surface area (Å²) < 4.78 is 44.5. The van der Waals surface area contributed by atoms with Crippen LogP contribution in [-0.4, -0.2) is 28.0 Å². The van der Waals surface area contributed by atoms with Gasteiger partial charge in [-0.15, -0.1) is 0 Å². The summed E-state index contributed by atoms with van der Waals surface area (Å²) in [6.45, 7) is 1.39. The molecule has 0 atom stereocenters. The summed E-state index contributed by atoms with van der Waals surface area (Å²) >= 11 is 0. The number of halogens is 3. The Morgan fingerprint density at radius 3 is 2.64 bits per heavy atom. The molecule has 1 heterocycles. The van der Waals surface area contributed by atoms with Gasteiger partial charge in [-0.1, -0.05) is 6.07 Å². The third kappa shape index (κ3) is 2.96. The molecule has 0 amide bonds. The molecule has 0 radical (unpaired) electrons. The number of rotatable bonds is 4. The fourth-order valence-electron chi connectivity index (χ4n) is 2.15. The van der Waals surface area contributed by atoms with Crippen LogP contribution in [0.5, 0.6) is 0 Å². The number of hydrogen-bond donors (Lipinski definition) is 1.